The summed E-state index contributed by atoms with van der Waals surface area (Å²) in [4.78, 5) is 22.2. The second-order valence-electron chi connectivity index (χ2n) is 4.05. The van der Waals surface area contributed by atoms with E-state index in [9.17, 15) is 14.0 Å². The molecule has 0 heterocycles. The lowest BCUT2D eigenvalue weighted by Crippen LogP contribution is -2.16. The van der Waals surface area contributed by atoms with Crippen molar-refractivity contribution >= 4 is 11.8 Å². The molecule has 0 spiro atoms. The summed E-state index contributed by atoms with van der Waals surface area (Å²) in [5, 5.41) is 8.99. The molecular weight excluding hydrogens is 211 g/mol. The molecule has 0 saturated heterocycles. The lowest BCUT2D eigenvalue weighted by molar-refractivity contribution is -0.142. The number of benzene rings is 1. The number of carboxylic acid groups (broad SMARTS) is 1. The third kappa shape index (κ3) is 1.96. The van der Waals surface area contributed by atoms with E-state index in [2.05, 4.69) is 0 Å². The van der Waals surface area contributed by atoms with Crippen molar-refractivity contribution in [3.05, 3.63) is 35.6 Å². The molecule has 84 valence electrons. The van der Waals surface area contributed by atoms with Crippen LogP contribution in [0.4, 0.5) is 4.39 Å². The number of hydrogen-bond donors (Lipinski definition) is 1. The Hall–Kier alpha value is -1.71. The Morgan fingerprint density at radius 3 is 2.44 bits per heavy atom. The number of aliphatic carboxylic acids is 1. The second kappa shape index (κ2) is 4.04. The highest BCUT2D eigenvalue weighted by Gasteiger charge is 2.38. The van der Waals surface area contributed by atoms with Gasteiger partial charge in [0.25, 0.3) is 0 Å². The maximum atomic E-state index is 12.7. The second-order valence-corrected chi connectivity index (χ2v) is 4.05. The molecule has 1 saturated carbocycles. The third-order valence-electron chi connectivity index (χ3n) is 3.00. The topological polar surface area (TPSA) is 54.4 Å². The Morgan fingerprint density at radius 1 is 1.25 bits per heavy atom. The maximum absolute atomic E-state index is 12.7. The van der Waals surface area contributed by atoms with Crippen LogP contribution in [0.25, 0.3) is 0 Å². The first-order valence-electron chi connectivity index (χ1n) is 5.08. The van der Waals surface area contributed by atoms with Gasteiger partial charge in [-0.25, -0.2) is 4.39 Å². The average Bonchev–Trinajstić information content (AvgIpc) is 2.61. The van der Waals surface area contributed by atoms with Gasteiger partial charge in [0.15, 0.2) is 0 Å². The number of halogens is 1. The molecule has 2 unspecified atom stereocenters. The van der Waals surface area contributed by atoms with Crippen LogP contribution in [0.15, 0.2) is 24.3 Å². The van der Waals surface area contributed by atoms with Gasteiger partial charge in [0.1, 0.15) is 11.6 Å². The highest BCUT2D eigenvalue weighted by molar-refractivity contribution is 5.89. The number of hydrogen-bond acceptors (Lipinski definition) is 2. The van der Waals surface area contributed by atoms with Crippen LogP contribution < -0.4 is 0 Å². The summed E-state index contributed by atoms with van der Waals surface area (Å²) in [6, 6.07) is 5.68. The molecule has 2 rings (SSSR count). The van der Waals surface area contributed by atoms with Crippen LogP contribution in [0.1, 0.15) is 24.3 Å². The average molecular weight is 222 g/mol. The van der Waals surface area contributed by atoms with Gasteiger partial charge in [0.2, 0.25) is 0 Å². The minimum Gasteiger partial charge on any atom is -0.481 e. The van der Waals surface area contributed by atoms with Crippen LogP contribution in [0, 0.1) is 11.7 Å². The first-order chi connectivity index (χ1) is 7.58. The van der Waals surface area contributed by atoms with Gasteiger partial charge >= 0.3 is 5.97 Å². The van der Waals surface area contributed by atoms with E-state index in [1.807, 2.05) is 0 Å². The summed E-state index contributed by atoms with van der Waals surface area (Å²) in [7, 11) is 0. The Bertz CT molecular complexity index is 424. The summed E-state index contributed by atoms with van der Waals surface area (Å²) in [5.41, 5.74) is 0.722. The van der Waals surface area contributed by atoms with Gasteiger partial charge in [-0.3, -0.25) is 9.59 Å². The molecule has 1 aromatic rings. The van der Waals surface area contributed by atoms with E-state index in [1.165, 1.54) is 12.1 Å². The van der Waals surface area contributed by atoms with Gasteiger partial charge in [-0.1, -0.05) is 12.1 Å². The number of carboxylic acids is 1. The van der Waals surface area contributed by atoms with E-state index in [1.54, 1.807) is 12.1 Å². The number of rotatable bonds is 2. The van der Waals surface area contributed by atoms with E-state index in [0.29, 0.717) is 0 Å². The first-order valence-corrected chi connectivity index (χ1v) is 5.08. The Morgan fingerprint density at radius 2 is 1.88 bits per heavy atom. The summed E-state index contributed by atoms with van der Waals surface area (Å²) in [5.74, 6) is -2.34. The Labute approximate surface area is 91.9 Å². The van der Waals surface area contributed by atoms with Crippen LogP contribution >= 0.6 is 0 Å². The normalized spacial score (nSPS) is 24.7. The third-order valence-corrected chi connectivity index (χ3v) is 3.00. The minimum absolute atomic E-state index is 0.0401. The summed E-state index contributed by atoms with van der Waals surface area (Å²) < 4.78 is 12.7. The Kier molecular flexibility index (Phi) is 2.73. The zero-order chi connectivity index (χ0) is 11.7. The van der Waals surface area contributed by atoms with Gasteiger partial charge in [-0.15, -0.1) is 0 Å². The molecule has 0 radical (unpaired) electrons. The van der Waals surface area contributed by atoms with Gasteiger partial charge in [-0.05, 0) is 17.7 Å². The molecule has 0 aromatic heterocycles. The van der Waals surface area contributed by atoms with Crippen molar-refractivity contribution in [1.82, 2.24) is 0 Å². The number of Topliss-reactive ketones (excluding diaryl/α,β-unsaturated/α-hetero) is 1. The summed E-state index contributed by atoms with van der Waals surface area (Å²) in [6.45, 7) is 0. The molecule has 1 N–H and O–H groups in total. The standard InChI is InChI=1S/C12H11FO3/c13-8-3-1-7(2-4-8)10-5-9(14)6-11(10)12(15)16/h1-4,10-11H,5-6H2,(H,15,16). The SMILES string of the molecule is O=C1CC(C(=O)O)C(c2ccc(F)cc2)C1. The van der Waals surface area contributed by atoms with E-state index in [0.717, 1.165) is 5.56 Å². The monoisotopic (exact) mass is 222 g/mol. The molecule has 2 atom stereocenters. The van der Waals surface area contributed by atoms with Crippen molar-refractivity contribution in [2.24, 2.45) is 5.92 Å². The molecule has 4 heteroatoms. The van der Waals surface area contributed by atoms with Crippen molar-refractivity contribution in [2.75, 3.05) is 0 Å². The number of ketones is 1. The number of carbonyl (C=O) groups is 2. The van der Waals surface area contributed by atoms with Gasteiger partial charge in [-0.2, -0.15) is 0 Å². The van der Waals surface area contributed by atoms with Gasteiger partial charge in [0, 0.05) is 18.8 Å². The van der Waals surface area contributed by atoms with Gasteiger partial charge in [0.05, 0.1) is 5.92 Å². The molecule has 1 aliphatic rings. The molecule has 0 bridgehead atoms. The van der Waals surface area contributed by atoms with E-state index < -0.39 is 11.9 Å². The zero-order valence-corrected chi connectivity index (χ0v) is 8.52. The fourth-order valence-electron chi connectivity index (χ4n) is 2.18. The van der Waals surface area contributed by atoms with Crippen LogP contribution in [-0.2, 0) is 9.59 Å². The lowest BCUT2D eigenvalue weighted by atomic mass is 9.89. The molecule has 1 aliphatic carbocycles. The van der Waals surface area contributed by atoms with Crippen molar-refractivity contribution in [1.29, 1.82) is 0 Å². The summed E-state index contributed by atoms with van der Waals surface area (Å²) >= 11 is 0. The van der Waals surface area contributed by atoms with Crippen LogP contribution in [0.2, 0.25) is 0 Å². The van der Waals surface area contributed by atoms with Crippen molar-refractivity contribution in [3.8, 4) is 0 Å². The van der Waals surface area contributed by atoms with E-state index >= 15 is 0 Å². The van der Waals surface area contributed by atoms with Crippen molar-refractivity contribution in [3.63, 3.8) is 0 Å². The highest BCUT2D eigenvalue weighted by atomic mass is 19.1. The Balaban J connectivity index is 2.28. The van der Waals surface area contributed by atoms with E-state index in [-0.39, 0.29) is 30.4 Å². The predicted octanol–water partition coefficient (Wildman–Crippen LogP) is 1.97. The lowest BCUT2D eigenvalue weighted by Gasteiger charge is -2.14. The predicted molar refractivity (Wildman–Crippen MR) is 54.5 cm³/mol. The fourth-order valence-corrected chi connectivity index (χ4v) is 2.18. The molecule has 1 aromatic carbocycles. The molecular formula is C12H11FO3. The van der Waals surface area contributed by atoms with Gasteiger partial charge < -0.3 is 5.11 Å². The van der Waals surface area contributed by atoms with Crippen molar-refractivity contribution < 1.29 is 19.1 Å². The maximum Gasteiger partial charge on any atom is 0.307 e. The molecule has 1 fully saturated rings. The summed E-state index contributed by atoms with van der Waals surface area (Å²) in [6.07, 6.45) is 0.319. The quantitative estimate of drug-likeness (QED) is 0.832. The van der Waals surface area contributed by atoms with Crippen LogP contribution in [-0.4, -0.2) is 16.9 Å². The zero-order valence-electron chi connectivity index (χ0n) is 8.52. The molecule has 3 nitrogen and oxygen atoms in total. The molecule has 0 aliphatic heterocycles. The highest BCUT2D eigenvalue weighted by Crippen LogP contribution is 2.37. The van der Waals surface area contributed by atoms with Crippen molar-refractivity contribution in [2.45, 2.75) is 18.8 Å². The smallest absolute Gasteiger partial charge is 0.307 e. The van der Waals surface area contributed by atoms with Crippen LogP contribution in [0.5, 0.6) is 0 Å². The fraction of sp³-hybridized carbons (Fsp3) is 0.333. The molecule has 0 amide bonds. The van der Waals surface area contributed by atoms with E-state index in [4.69, 9.17) is 5.11 Å². The van der Waals surface area contributed by atoms with Crippen LogP contribution in [0.3, 0.4) is 0 Å². The minimum atomic E-state index is -0.958. The number of carbonyl (C=O) groups excluding carboxylic acids is 1. The molecule has 16 heavy (non-hydrogen) atoms. The largest absolute Gasteiger partial charge is 0.481 e. The first kappa shape index (κ1) is 10.8.